The highest BCUT2D eigenvalue weighted by atomic mass is 35.5. The van der Waals surface area contributed by atoms with Crippen LogP contribution in [0.2, 0.25) is 5.02 Å². The van der Waals surface area contributed by atoms with Gasteiger partial charge in [-0.05, 0) is 18.4 Å². The highest BCUT2D eigenvalue weighted by Gasteiger charge is 2.21. The molecule has 29 heavy (non-hydrogen) atoms. The van der Waals surface area contributed by atoms with Gasteiger partial charge in [-0.25, -0.2) is 18.4 Å². The van der Waals surface area contributed by atoms with Gasteiger partial charge in [-0.3, -0.25) is 10.2 Å². The van der Waals surface area contributed by atoms with Crippen molar-refractivity contribution >= 4 is 55.8 Å². The van der Waals surface area contributed by atoms with Crippen molar-refractivity contribution < 1.29 is 13.2 Å². The number of halogens is 1. The average Bonchev–Trinajstić information content (AvgIpc) is 2.71. The number of sulfonamides is 1. The molecular weight excluding hydrogens is 434 g/mol. The molecule has 8 nitrogen and oxygen atoms in total. The lowest BCUT2D eigenvalue weighted by Gasteiger charge is -2.17. The zero-order valence-electron chi connectivity index (χ0n) is 15.8. The highest BCUT2D eigenvalue weighted by molar-refractivity contribution is 7.98. The van der Waals surface area contributed by atoms with E-state index in [2.05, 4.69) is 20.2 Å². The summed E-state index contributed by atoms with van der Waals surface area (Å²) < 4.78 is 25.7. The van der Waals surface area contributed by atoms with Crippen LogP contribution < -0.4 is 15.2 Å². The molecule has 0 saturated carbocycles. The fourth-order valence-electron chi connectivity index (χ4n) is 2.73. The number of amides is 1. The number of aromatic nitrogens is 2. The van der Waals surface area contributed by atoms with Gasteiger partial charge in [-0.15, -0.1) is 4.83 Å². The van der Waals surface area contributed by atoms with Gasteiger partial charge in [-0.1, -0.05) is 47.6 Å². The van der Waals surface area contributed by atoms with Crippen molar-refractivity contribution in [3.63, 3.8) is 0 Å². The van der Waals surface area contributed by atoms with Gasteiger partial charge in [0, 0.05) is 30.6 Å². The van der Waals surface area contributed by atoms with E-state index in [1.54, 1.807) is 24.5 Å². The summed E-state index contributed by atoms with van der Waals surface area (Å²) >= 11 is 7.19. The first-order valence-electron chi connectivity index (χ1n) is 8.32. The molecule has 0 spiro atoms. The van der Waals surface area contributed by atoms with E-state index in [0.29, 0.717) is 10.5 Å². The number of hydrogen-bond donors (Lipinski definition) is 2. The molecule has 0 radical (unpaired) electrons. The number of nitrogens with one attached hydrogen (secondary N) is 2. The molecule has 2 N–H and O–H groups in total. The lowest BCUT2D eigenvalue weighted by atomic mass is 10.1. The van der Waals surface area contributed by atoms with E-state index in [1.807, 2.05) is 31.1 Å². The Morgan fingerprint density at radius 3 is 2.52 bits per heavy atom. The van der Waals surface area contributed by atoms with E-state index in [9.17, 15) is 13.2 Å². The summed E-state index contributed by atoms with van der Waals surface area (Å²) in [6.07, 6.45) is 3.04. The van der Waals surface area contributed by atoms with Crippen LogP contribution >= 0.6 is 23.4 Å². The van der Waals surface area contributed by atoms with E-state index in [1.165, 1.54) is 24.0 Å². The molecule has 0 aliphatic carbocycles. The van der Waals surface area contributed by atoms with Gasteiger partial charge in [0.05, 0.1) is 16.1 Å². The monoisotopic (exact) mass is 451 g/mol. The van der Waals surface area contributed by atoms with E-state index in [0.717, 1.165) is 11.1 Å². The normalized spacial score (nSPS) is 11.4. The molecular formula is C18H18ClN5O3S2. The fraction of sp³-hybridized carbons (Fsp3) is 0.167. The van der Waals surface area contributed by atoms with Gasteiger partial charge in [0.25, 0.3) is 15.9 Å². The van der Waals surface area contributed by atoms with Crippen LogP contribution in [0.1, 0.15) is 10.5 Å². The third kappa shape index (κ3) is 4.45. The second kappa shape index (κ2) is 8.54. The molecule has 0 atom stereocenters. The van der Waals surface area contributed by atoms with E-state index in [-0.39, 0.29) is 15.6 Å². The Kier molecular flexibility index (Phi) is 6.27. The SMILES string of the molecule is CSc1ncc(Cl)c(C(=O)NNS(=O)(=O)c2cccc3c(N(C)C)cccc23)n1. The van der Waals surface area contributed by atoms with Crippen LogP contribution in [0.15, 0.2) is 52.6 Å². The van der Waals surface area contributed by atoms with Crippen LogP contribution in [-0.2, 0) is 10.0 Å². The van der Waals surface area contributed by atoms with Crippen molar-refractivity contribution in [3.8, 4) is 0 Å². The van der Waals surface area contributed by atoms with Crippen molar-refractivity contribution in [2.75, 3.05) is 25.3 Å². The Morgan fingerprint density at radius 1 is 1.14 bits per heavy atom. The van der Waals surface area contributed by atoms with Crippen LogP contribution in [0.25, 0.3) is 10.8 Å². The number of carbonyl (C=O) groups excluding carboxylic acids is 1. The summed E-state index contributed by atoms with van der Waals surface area (Å²) in [6.45, 7) is 0. The quantitative estimate of drug-likeness (QED) is 0.337. The molecule has 3 rings (SSSR count). The van der Waals surface area contributed by atoms with Crippen molar-refractivity contribution in [1.29, 1.82) is 0 Å². The van der Waals surface area contributed by atoms with Crippen LogP contribution in [0.5, 0.6) is 0 Å². The van der Waals surface area contributed by atoms with Crippen molar-refractivity contribution in [1.82, 2.24) is 20.2 Å². The van der Waals surface area contributed by atoms with Crippen molar-refractivity contribution in [2.45, 2.75) is 10.1 Å². The summed E-state index contributed by atoms with van der Waals surface area (Å²) in [6, 6.07) is 10.4. The Balaban J connectivity index is 1.91. The Labute approximate surface area is 177 Å². The lowest BCUT2D eigenvalue weighted by molar-refractivity contribution is 0.0939. The Morgan fingerprint density at radius 2 is 1.83 bits per heavy atom. The van der Waals surface area contributed by atoms with Gasteiger partial charge in [-0.2, -0.15) is 0 Å². The minimum Gasteiger partial charge on any atom is -0.377 e. The molecule has 0 bridgehead atoms. The first kappa shape index (κ1) is 21.3. The molecule has 2 aromatic carbocycles. The summed E-state index contributed by atoms with van der Waals surface area (Å²) in [5.74, 6) is -0.787. The van der Waals surface area contributed by atoms with Gasteiger partial charge in [0.1, 0.15) is 0 Å². The summed E-state index contributed by atoms with van der Waals surface area (Å²) in [4.78, 5) is 24.4. The van der Waals surface area contributed by atoms with Gasteiger partial charge < -0.3 is 4.90 Å². The van der Waals surface area contributed by atoms with Gasteiger partial charge in [0.15, 0.2) is 10.9 Å². The van der Waals surface area contributed by atoms with Crippen molar-refractivity contribution in [2.24, 2.45) is 0 Å². The van der Waals surface area contributed by atoms with Gasteiger partial charge >= 0.3 is 0 Å². The molecule has 0 unspecified atom stereocenters. The molecule has 1 heterocycles. The summed E-state index contributed by atoms with van der Waals surface area (Å²) in [5.41, 5.74) is 2.91. The van der Waals surface area contributed by atoms with Crippen LogP contribution in [-0.4, -0.2) is 44.6 Å². The zero-order valence-corrected chi connectivity index (χ0v) is 18.2. The molecule has 1 aromatic heterocycles. The maximum absolute atomic E-state index is 12.9. The smallest absolute Gasteiger partial charge is 0.286 e. The van der Waals surface area contributed by atoms with E-state index in [4.69, 9.17) is 11.6 Å². The molecule has 0 fully saturated rings. The zero-order chi connectivity index (χ0) is 21.2. The largest absolute Gasteiger partial charge is 0.377 e. The third-order valence-electron chi connectivity index (χ3n) is 4.05. The number of rotatable bonds is 6. The molecule has 0 aliphatic rings. The lowest BCUT2D eigenvalue weighted by Crippen LogP contribution is -2.42. The van der Waals surface area contributed by atoms with E-state index < -0.39 is 15.9 Å². The summed E-state index contributed by atoms with van der Waals surface area (Å²) in [7, 11) is -0.298. The van der Waals surface area contributed by atoms with Crippen molar-refractivity contribution in [3.05, 3.63) is 53.3 Å². The summed E-state index contributed by atoms with van der Waals surface area (Å²) in [5, 5.41) is 1.66. The maximum Gasteiger partial charge on any atom is 0.286 e. The highest BCUT2D eigenvalue weighted by Crippen LogP contribution is 2.30. The topological polar surface area (TPSA) is 104 Å². The van der Waals surface area contributed by atoms with E-state index >= 15 is 0 Å². The predicted octanol–water partition coefficient (Wildman–Crippen LogP) is 2.69. The number of nitrogens with zero attached hydrogens (tertiary/aromatic N) is 3. The molecule has 1 amide bonds. The minimum atomic E-state index is -4.05. The standard InChI is InChI=1S/C18H18ClN5O3S2/c1-24(2)14-8-4-7-12-11(14)6-5-9-15(12)29(26,27)23-22-17(25)16-13(19)10-20-18(21-16)28-3/h4-10,23H,1-3H3,(H,22,25). The Bertz CT molecular complexity index is 1190. The number of hydrogen-bond acceptors (Lipinski definition) is 7. The van der Waals surface area contributed by atoms with Crippen LogP contribution in [0.3, 0.4) is 0 Å². The minimum absolute atomic E-state index is 0.0142. The first-order chi connectivity index (χ1) is 13.7. The predicted molar refractivity (Wildman–Crippen MR) is 115 cm³/mol. The fourth-order valence-corrected chi connectivity index (χ4v) is 4.30. The second-order valence-electron chi connectivity index (χ2n) is 6.14. The van der Waals surface area contributed by atoms with Crippen LogP contribution in [0.4, 0.5) is 5.69 Å². The molecule has 0 saturated heterocycles. The van der Waals surface area contributed by atoms with Crippen LogP contribution in [0, 0.1) is 0 Å². The maximum atomic E-state index is 12.9. The molecule has 0 aliphatic heterocycles. The Hall–Kier alpha value is -2.40. The molecule has 11 heteroatoms. The number of anilines is 1. The number of carbonyl (C=O) groups is 1. The number of benzene rings is 2. The van der Waals surface area contributed by atoms with Gasteiger partial charge in [0.2, 0.25) is 0 Å². The number of fused-ring (bicyclic) bond motifs is 1. The second-order valence-corrected chi connectivity index (χ2v) is 8.97. The first-order valence-corrected chi connectivity index (χ1v) is 11.4. The number of thioether (sulfide) groups is 1. The average molecular weight is 452 g/mol. The molecule has 3 aromatic rings. The third-order valence-corrected chi connectivity index (χ3v) is 6.19. The molecule has 152 valence electrons. The number of hydrazine groups is 1.